The van der Waals surface area contributed by atoms with E-state index >= 15 is 0 Å². The third-order valence-electron chi connectivity index (χ3n) is 3.58. The van der Waals surface area contributed by atoms with E-state index in [0.29, 0.717) is 5.56 Å². The largest absolute Gasteiger partial charge is 0.336 e. The Morgan fingerprint density at radius 2 is 2.05 bits per heavy atom. The van der Waals surface area contributed by atoms with Gasteiger partial charge in [0.15, 0.2) is 0 Å². The summed E-state index contributed by atoms with van der Waals surface area (Å²) in [4.78, 5) is 16.4. The third-order valence-corrected chi connectivity index (χ3v) is 3.58. The van der Waals surface area contributed by atoms with Gasteiger partial charge in [-0.3, -0.25) is 14.8 Å². The number of carbonyl (C=O) groups excluding carboxylic acids is 1. The van der Waals surface area contributed by atoms with Gasteiger partial charge in [-0.2, -0.15) is 5.10 Å². The van der Waals surface area contributed by atoms with E-state index in [1.54, 1.807) is 12.4 Å². The maximum atomic E-state index is 12.1. The smallest absolute Gasteiger partial charge is 0.257 e. The lowest BCUT2D eigenvalue weighted by molar-refractivity contribution is 0.0635. The molecule has 0 radical (unpaired) electrons. The van der Waals surface area contributed by atoms with Crippen molar-refractivity contribution in [2.45, 2.75) is 19.3 Å². The van der Waals surface area contributed by atoms with Crippen LogP contribution in [0.25, 0.3) is 0 Å². The van der Waals surface area contributed by atoms with Crippen molar-refractivity contribution in [3.05, 3.63) is 18.0 Å². The molecule has 0 aromatic carbocycles. The van der Waals surface area contributed by atoms with Crippen LogP contribution in [0.3, 0.4) is 0 Å². The second-order valence-electron chi connectivity index (χ2n) is 4.97. The number of H-pyrrole nitrogens is 1. The molecule has 6 nitrogen and oxygen atoms in total. The molecule has 2 rings (SSSR count). The molecule has 1 fully saturated rings. The van der Waals surface area contributed by atoms with E-state index in [1.165, 1.54) is 12.8 Å². The summed E-state index contributed by atoms with van der Waals surface area (Å²) in [5, 5.41) is 6.50. The zero-order valence-electron chi connectivity index (χ0n) is 11.3. The van der Waals surface area contributed by atoms with Gasteiger partial charge in [-0.25, -0.2) is 0 Å². The van der Waals surface area contributed by atoms with E-state index in [-0.39, 0.29) is 5.91 Å². The Balaban J connectivity index is 1.69. The molecule has 2 heterocycles. The Kier molecular flexibility index (Phi) is 5.35. The van der Waals surface area contributed by atoms with Crippen LogP contribution in [-0.2, 0) is 0 Å². The highest BCUT2D eigenvalue weighted by molar-refractivity contribution is 5.93. The van der Waals surface area contributed by atoms with Gasteiger partial charge in [-0.15, -0.1) is 0 Å². The van der Waals surface area contributed by atoms with E-state index in [4.69, 9.17) is 5.73 Å². The first kappa shape index (κ1) is 14.0. The molecule has 1 aliphatic heterocycles. The molecular formula is C13H23N5O. The second-order valence-corrected chi connectivity index (χ2v) is 4.97. The minimum Gasteiger partial charge on any atom is -0.336 e. The Hall–Kier alpha value is -1.40. The molecule has 1 saturated heterocycles. The van der Waals surface area contributed by atoms with Gasteiger partial charge in [-0.1, -0.05) is 6.42 Å². The van der Waals surface area contributed by atoms with Crippen LogP contribution in [0, 0.1) is 0 Å². The summed E-state index contributed by atoms with van der Waals surface area (Å²) in [6.07, 6.45) is 6.75. The van der Waals surface area contributed by atoms with Crippen LogP contribution in [0.5, 0.6) is 0 Å². The molecular weight excluding hydrogens is 242 g/mol. The number of piperazine rings is 1. The lowest BCUT2D eigenvalue weighted by Crippen LogP contribution is -2.48. The molecule has 1 aromatic rings. The molecule has 1 amide bonds. The van der Waals surface area contributed by atoms with Crippen LogP contribution in [0.4, 0.5) is 0 Å². The van der Waals surface area contributed by atoms with Crippen molar-refractivity contribution in [3.63, 3.8) is 0 Å². The number of hydrogen-bond acceptors (Lipinski definition) is 4. The van der Waals surface area contributed by atoms with Crippen LogP contribution in [-0.4, -0.2) is 65.2 Å². The highest BCUT2D eigenvalue weighted by Gasteiger charge is 2.22. The Morgan fingerprint density at radius 1 is 1.26 bits per heavy atom. The number of aromatic nitrogens is 2. The van der Waals surface area contributed by atoms with Crippen LogP contribution >= 0.6 is 0 Å². The molecule has 1 aliphatic rings. The van der Waals surface area contributed by atoms with Gasteiger partial charge in [0, 0.05) is 32.4 Å². The van der Waals surface area contributed by atoms with Crippen LogP contribution < -0.4 is 5.73 Å². The number of rotatable bonds is 6. The first-order chi connectivity index (χ1) is 9.31. The fourth-order valence-corrected chi connectivity index (χ4v) is 2.38. The first-order valence-corrected chi connectivity index (χ1v) is 7.01. The predicted octanol–water partition coefficient (Wildman–Crippen LogP) is 0.297. The normalized spacial score (nSPS) is 16.8. The third kappa shape index (κ3) is 4.04. The minimum atomic E-state index is 0.0801. The molecule has 106 valence electrons. The minimum absolute atomic E-state index is 0.0801. The molecule has 0 saturated carbocycles. The Bertz CT molecular complexity index is 370. The highest BCUT2D eigenvalue weighted by Crippen LogP contribution is 2.08. The molecule has 6 heteroatoms. The van der Waals surface area contributed by atoms with E-state index in [9.17, 15) is 4.79 Å². The van der Waals surface area contributed by atoms with Crippen molar-refractivity contribution in [1.82, 2.24) is 20.0 Å². The number of nitrogens with zero attached hydrogens (tertiary/aromatic N) is 3. The van der Waals surface area contributed by atoms with Crippen molar-refractivity contribution in [3.8, 4) is 0 Å². The van der Waals surface area contributed by atoms with Crippen molar-refractivity contribution in [1.29, 1.82) is 0 Å². The number of hydrogen-bond donors (Lipinski definition) is 2. The van der Waals surface area contributed by atoms with E-state index < -0.39 is 0 Å². The van der Waals surface area contributed by atoms with Gasteiger partial charge in [0.05, 0.1) is 11.8 Å². The number of unbranched alkanes of at least 4 members (excludes halogenated alkanes) is 2. The zero-order valence-corrected chi connectivity index (χ0v) is 11.3. The maximum Gasteiger partial charge on any atom is 0.257 e. The highest BCUT2D eigenvalue weighted by atomic mass is 16.2. The first-order valence-electron chi connectivity index (χ1n) is 7.01. The van der Waals surface area contributed by atoms with Crippen molar-refractivity contribution in [2.24, 2.45) is 5.73 Å². The van der Waals surface area contributed by atoms with E-state index in [1.807, 2.05) is 4.90 Å². The number of carbonyl (C=O) groups is 1. The summed E-state index contributed by atoms with van der Waals surface area (Å²) >= 11 is 0. The molecule has 0 unspecified atom stereocenters. The van der Waals surface area contributed by atoms with Gasteiger partial charge in [0.25, 0.3) is 5.91 Å². The summed E-state index contributed by atoms with van der Waals surface area (Å²) in [5.41, 5.74) is 6.13. The van der Waals surface area contributed by atoms with Crippen molar-refractivity contribution < 1.29 is 4.79 Å². The Labute approximate surface area is 113 Å². The summed E-state index contributed by atoms with van der Waals surface area (Å²) in [6, 6.07) is 0. The second kappa shape index (κ2) is 7.25. The fraction of sp³-hybridized carbons (Fsp3) is 0.692. The SMILES string of the molecule is NCCCCCN1CCN(C(=O)c2cn[nH]c2)CC1. The average Bonchev–Trinajstić information content (AvgIpc) is 2.98. The molecule has 0 aliphatic carbocycles. The molecule has 3 N–H and O–H groups in total. The molecule has 0 spiro atoms. The summed E-state index contributed by atoms with van der Waals surface area (Å²) in [5.74, 6) is 0.0801. The van der Waals surface area contributed by atoms with Crippen LogP contribution in [0.1, 0.15) is 29.6 Å². The van der Waals surface area contributed by atoms with E-state index in [2.05, 4.69) is 15.1 Å². The molecule has 19 heavy (non-hydrogen) atoms. The van der Waals surface area contributed by atoms with E-state index in [0.717, 1.165) is 45.7 Å². The number of nitrogens with two attached hydrogens (primary N) is 1. The summed E-state index contributed by atoms with van der Waals surface area (Å²) < 4.78 is 0. The number of aromatic amines is 1. The predicted molar refractivity (Wildman–Crippen MR) is 73.8 cm³/mol. The monoisotopic (exact) mass is 265 g/mol. The lowest BCUT2D eigenvalue weighted by atomic mass is 10.2. The number of amides is 1. The van der Waals surface area contributed by atoms with Gasteiger partial charge < -0.3 is 10.6 Å². The lowest BCUT2D eigenvalue weighted by Gasteiger charge is -2.34. The molecule has 0 bridgehead atoms. The summed E-state index contributed by atoms with van der Waals surface area (Å²) in [6.45, 7) is 5.45. The molecule has 0 atom stereocenters. The average molecular weight is 265 g/mol. The van der Waals surface area contributed by atoms with Gasteiger partial charge >= 0.3 is 0 Å². The number of nitrogens with one attached hydrogen (secondary N) is 1. The quantitative estimate of drug-likeness (QED) is 0.725. The summed E-state index contributed by atoms with van der Waals surface area (Å²) in [7, 11) is 0. The zero-order chi connectivity index (χ0) is 13.5. The van der Waals surface area contributed by atoms with Crippen LogP contribution in [0.2, 0.25) is 0 Å². The van der Waals surface area contributed by atoms with Crippen molar-refractivity contribution in [2.75, 3.05) is 39.3 Å². The molecule has 1 aromatic heterocycles. The van der Waals surface area contributed by atoms with Crippen LogP contribution in [0.15, 0.2) is 12.4 Å². The standard InChI is InChI=1S/C13H23N5O/c14-4-2-1-3-5-17-6-8-18(9-7-17)13(19)12-10-15-16-11-12/h10-11H,1-9,14H2,(H,15,16). The maximum absolute atomic E-state index is 12.1. The fourth-order valence-electron chi connectivity index (χ4n) is 2.38. The van der Waals surface area contributed by atoms with Gasteiger partial charge in [-0.05, 0) is 25.9 Å². The Morgan fingerprint density at radius 3 is 2.68 bits per heavy atom. The topological polar surface area (TPSA) is 78.2 Å². The van der Waals surface area contributed by atoms with Crippen molar-refractivity contribution >= 4 is 5.91 Å². The van der Waals surface area contributed by atoms with Gasteiger partial charge in [0.1, 0.15) is 0 Å². The van der Waals surface area contributed by atoms with Gasteiger partial charge in [0.2, 0.25) is 0 Å².